The predicted molar refractivity (Wildman–Crippen MR) is 116 cm³/mol. The Balaban J connectivity index is 1.67. The molecular formula is C23H27NO4S. The van der Waals surface area contributed by atoms with Crippen LogP contribution in [0.3, 0.4) is 0 Å². The summed E-state index contributed by atoms with van der Waals surface area (Å²) in [6.07, 6.45) is 0.278. The standard InChI is InChI=1S/C23H27NO4S/c1-3-12-29-15-23(2,13-21(25)26)24-22(27)28-14-20-18-10-6-4-8-16(18)17-9-5-7-11-19(17)20/h4-11,20H,3,12-15H2,1-2H3,(H,24,27)(H,25,26). The summed E-state index contributed by atoms with van der Waals surface area (Å²) >= 11 is 1.64. The molecular weight excluding hydrogens is 386 g/mol. The van der Waals surface area contributed by atoms with E-state index >= 15 is 0 Å². The molecule has 154 valence electrons. The van der Waals surface area contributed by atoms with Gasteiger partial charge in [-0.1, -0.05) is 55.5 Å². The SMILES string of the molecule is CCCSCC(C)(CC(=O)O)NC(=O)OCC1c2ccccc2-c2ccccc21. The van der Waals surface area contributed by atoms with Crippen LogP contribution in [0, 0.1) is 0 Å². The maximum Gasteiger partial charge on any atom is 0.407 e. The van der Waals surface area contributed by atoms with Crippen LogP contribution < -0.4 is 5.32 Å². The largest absolute Gasteiger partial charge is 0.481 e. The number of carboxylic acid groups (broad SMARTS) is 1. The third kappa shape index (κ3) is 5.12. The number of rotatable bonds is 9. The average molecular weight is 414 g/mol. The van der Waals surface area contributed by atoms with Crippen LogP contribution >= 0.6 is 11.8 Å². The van der Waals surface area contributed by atoms with Gasteiger partial charge in [0, 0.05) is 11.7 Å². The summed E-state index contributed by atoms with van der Waals surface area (Å²) in [5, 5.41) is 12.0. The van der Waals surface area contributed by atoms with Gasteiger partial charge in [-0.3, -0.25) is 4.79 Å². The Morgan fingerprint density at radius 2 is 1.69 bits per heavy atom. The summed E-state index contributed by atoms with van der Waals surface area (Å²) in [7, 11) is 0. The fourth-order valence-electron chi connectivity index (χ4n) is 3.79. The first-order valence-electron chi connectivity index (χ1n) is 9.86. The van der Waals surface area contributed by atoms with E-state index in [9.17, 15) is 14.7 Å². The molecule has 1 amide bonds. The second kappa shape index (κ2) is 9.35. The average Bonchev–Trinajstić information content (AvgIpc) is 3.00. The Morgan fingerprint density at radius 3 is 2.24 bits per heavy atom. The normalized spacial score (nSPS) is 14.6. The van der Waals surface area contributed by atoms with Crippen molar-refractivity contribution in [3.63, 3.8) is 0 Å². The maximum atomic E-state index is 12.5. The summed E-state index contributed by atoms with van der Waals surface area (Å²) in [6.45, 7) is 4.04. The summed E-state index contributed by atoms with van der Waals surface area (Å²) in [4.78, 5) is 23.8. The number of thioether (sulfide) groups is 1. The molecule has 5 nitrogen and oxygen atoms in total. The molecule has 1 aliphatic rings. The van der Waals surface area contributed by atoms with Gasteiger partial charge in [-0.05, 0) is 41.4 Å². The molecule has 0 saturated carbocycles. The highest BCUT2D eigenvalue weighted by Crippen LogP contribution is 2.44. The topological polar surface area (TPSA) is 75.6 Å². The smallest absolute Gasteiger partial charge is 0.407 e. The second-order valence-electron chi connectivity index (χ2n) is 7.63. The van der Waals surface area contributed by atoms with Gasteiger partial charge >= 0.3 is 12.1 Å². The van der Waals surface area contributed by atoms with Gasteiger partial charge in [0.1, 0.15) is 6.61 Å². The first-order chi connectivity index (χ1) is 13.9. The van der Waals surface area contributed by atoms with Crippen LogP contribution in [0.25, 0.3) is 11.1 Å². The van der Waals surface area contributed by atoms with Crippen LogP contribution in [-0.2, 0) is 9.53 Å². The zero-order chi connectivity index (χ0) is 20.9. The minimum Gasteiger partial charge on any atom is -0.481 e. The number of benzene rings is 2. The number of nitrogens with one attached hydrogen (secondary N) is 1. The zero-order valence-electron chi connectivity index (χ0n) is 16.8. The van der Waals surface area contributed by atoms with Crippen LogP contribution in [0.4, 0.5) is 4.79 Å². The summed E-state index contributed by atoms with van der Waals surface area (Å²) in [5.41, 5.74) is 3.78. The van der Waals surface area contributed by atoms with E-state index in [4.69, 9.17) is 4.74 Å². The first-order valence-corrected chi connectivity index (χ1v) is 11.0. The van der Waals surface area contributed by atoms with Gasteiger partial charge in [0.15, 0.2) is 0 Å². The van der Waals surface area contributed by atoms with Crippen LogP contribution in [-0.4, -0.2) is 40.8 Å². The fourth-order valence-corrected chi connectivity index (χ4v) is 4.85. The van der Waals surface area contributed by atoms with E-state index in [2.05, 4.69) is 36.5 Å². The molecule has 2 aromatic carbocycles. The lowest BCUT2D eigenvalue weighted by Gasteiger charge is -2.29. The zero-order valence-corrected chi connectivity index (χ0v) is 17.6. The molecule has 3 rings (SSSR count). The quantitative estimate of drug-likeness (QED) is 0.572. The van der Waals surface area contributed by atoms with E-state index in [1.54, 1.807) is 18.7 Å². The summed E-state index contributed by atoms with van der Waals surface area (Å²) < 4.78 is 5.57. The van der Waals surface area contributed by atoms with Crippen molar-refractivity contribution >= 4 is 23.8 Å². The Kier molecular flexibility index (Phi) is 6.85. The Morgan fingerprint density at radius 1 is 1.10 bits per heavy atom. The van der Waals surface area contributed by atoms with Crippen molar-refractivity contribution in [1.82, 2.24) is 5.32 Å². The van der Waals surface area contributed by atoms with Gasteiger partial charge < -0.3 is 15.2 Å². The lowest BCUT2D eigenvalue weighted by atomic mass is 9.98. The lowest BCUT2D eigenvalue weighted by molar-refractivity contribution is -0.138. The van der Waals surface area contributed by atoms with Crippen molar-refractivity contribution in [2.75, 3.05) is 18.1 Å². The maximum absolute atomic E-state index is 12.5. The molecule has 0 aromatic heterocycles. The van der Waals surface area contributed by atoms with Crippen LogP contribution in [0.5, 0.6) is 0 Å². The molecule has 2 N–H and O–H groups in total. The number of carboxylic acids is 1. The third-order valence-corrected chi connectivity index (χ3v) is 6.60. The van der Waals surface area contributed by atoms with Crippen molar-refractivity contribution in [3.05, 3.63) is 59.7 Å². The number of fused-ring (bicyclic) bond motifs is 3. The molecule has 2 aromatic rings. The molecule has 0 heterocycles. The molecule has 0 saturated heterocycles. The Hall–Kier alpha value is -2.47. The number of hydrogen-bond donors (Lipinski definition) is 2. The molecule has 0 aliphatic heterocycles. The second-order valence-corrected chi connectivity index (χ2v) is 8.74. The molecule has 0 spiro atoms. The van der Waals surface area contributed by atoms with E-state index in [1.165, 1.54) is 11.1 Å². The van der Waals surface area contributed by atoms with E-state index in [0.29, 0.717) is 5.75 Å². The van der Waals surface area contributed by atoms with Gasteiger partial charge in [-0.25, -0.2) is 4.79 Å². The minimum atomic E-state index is -0.941. The first kappa shape index (κ1) is 21.2. The molecule has 1 aliphatic carbocycles. The highest BCUT2D eigenvalue weighted by atomic mass is 32.2. The van der Waals surface area contributed by atoms with Crippen LogP contribution in [0.2, 0.25) is 0 Å². The molecule has 0 fully saturated rings. The molecule has 0 bridgehead atoms. The van der Waals surface area contributed by atoms with E-state index in [-0.39, 0.29) is 18.9 Å². The van der Waals surface area contributed by atoms with Crippen molar-refractivity contribution in [2.24, 2.45) is 0 Å². The van der Waals surface area contributed by atoms with Gasteiger partial charge in [0.05, 0.1) is 12.0 Å². The van der Waals surface area contributed by atoms with Gasteiger partial charge in [0.25, 0.3) is 0 Å². The van der Waals surface area contributed by atoms with Crippen molar-refractivity contribution in [2.45, 2.75) is 38.1 Å². The highest BCUT2D eigenvalue weighted by Gasteiger charge is 2.32. The van der Waals surface area contributed by atoms with E-state index in [1.807, 2.05) is 24.3 Å². The number of aliphatic carboxylic acids is 1. The van der Waals surface area contributed by atoms with Crippen molar-refractivity contribution in [3.8, 4) is 11.1 Å². The number of alkyl carbamates (subject to hydrolysis) is 1. The third-order valence-electron chi connectivity index (χ3n) is 5.06. The van der Waals surface area contributed by atoms with Crippen LogP contribution in [0.15, 0.2) is 48.5 Å². The van der Waals surface area contributed by atoms with Gasteiger partial charge in [0.2, 0.25) is 0 Å². The van der Waals surface area contributed by atoms with Crippen molar-refractivity contribution in [1.29, 1.82) is 0 Å². The highest BCUT2D eigenvalue weighted by molar-refractivity contribution is 7.99. The molecule has 6 heteroatoms. The number of carbonyl (C=O) groups is 2. The van der Waals surface area contributed by atoms with Gasteiger partial charge in [-0.2, -0.15) is 11.8 Å². The number of carbonyl (C=O) groups excluding carboxylic acids is 1. The van der Waals surface area contributed by atoms with Crippen molar-refractivity contribution < 1.29 is 19.4 Å². The number of ether oxygens (including phenoxy) is 1. The number of amides is 1. The van der Waals surface area contributed by atoms with E-state index < -0.39 is 17.6 Å². The molecule has 1 unspecified atom stereocenters. The van der Waals surface area contributed by atoms with E-state index in [0.717, 1.165) is 23.3 Å². The van der Waals surface area contributed by atoms with Crippen LogP contribution in [0.1, 0.15) is 43.7 Å². The fraction of sp³-hybridized carbons (Fsp3) is 0.391. The summed E-state index contributed by atoms with van der Waals surface area (Å²) in [5.74, 6) is 0.482. The monoisotopic (exact) mass is 413 g/mol. The summed E-state index contributed by atoms with van der Waals surface area (Å²) in [6, 6.07) is 16.3. The molecule has 0 radical (unpaired) electrons. The molecule has 29 heavy (non-hydrogen) atoms. The Bertz CT molecular complexity index is 839. The Labute approximate surface area is 175 Å². The minimum absolute atomic E-state index is 0.0200. The predicted octanol–water partition coefficient (Wildman–Crippen LogP) is 4.90. The lowest BCUT2D eigenvalue weighted by Crippen LogP contribution is -2.50. The van der Waals surface area contributed by atoms with Gasteiger partial charge in [-0.15, -0.1) is 0 Å². The molecule has 1 atom stereocenters. The number of hydrogen-bond acceptors (Lipinski definition) is 4.